The predicted octanol–water partition coefficient (Wildman–Crippen LogP) is 2.59. The van der Waals surface area contributed by atoms with Gasteiger partial charge in [0.1, 0.15) is 6.33 Å². The van der Waals surface area contributed by atoms with Gasteiger partial charge >= 0.3 is 0 Å². The van der Waals surface area contributed by atoms with Crippen molar-refractivity contribution in [3.63, 3.8) is 0 Å². The van der Waals surface area contributed by atoms with Crippen LogP contribution >= 0.6 is 22.6 Å². The van der Waals surface area contributed by atoms with E-state index in [-0.39, 0.29) is 17.3 Å². The van der Waals surface area contributed by atoms with Gasteiger partial charge in [-0.25, -0.2) is 14.4 Å². The Morgan fingerprint density at radius 2 is 2.19 bits per heavy atom. The lowest BCUT2D eigenvalue weighted by atomic mass is 10.3. The summed E-state index contributed by atoms with van der Waals surface area (Å²) in [5.74, 6) is -0.249. The third kappa shape index (κ3) is 2.21. The van der Waals surface area contributed by atoms with E-state index in [1.165, 1.54) is 18.5 Å². The summed E-state index contributed by atoms with van der Waals surface area (Å²) in [6, 6.07) is 4.36. The van der Waals surface area contributed by atoms with E-state index in [0.29, 0.717) is 3.57 Å². The lowest BCUT2D eigenvalue weighted by molar-refractivity contribution is 0.426. The van der Waals surface area contributed by atoms with Crippen molar-refractivity contribution in [2.75, 3.05) is 5.73 Å². The highest BCUT2D eigenvalue weighted by Crippen LogP contribution is 2.30. The smallest absolute Gasteiger partial charge is 0.236 e. The summed E-state index contributed by atoms with van der Waals surface area (Å²) in [6.07, 6.45) is 2.90. The fourth-order valence-electron chi connectivity index (χ4n) is 1.11. The molecule has 0 saturated heterocycles. The molecule has 4 nitrogen and oxygen atoms in total. The van der Waals surface area contributed by atoms with E-state index < -0.39 is 5.82 Å². The number of anilines is 1. The minimum Gasteiger partial charge on any atom is -0.433 e. The lowest BCUT2D eigenvalue weighted by Crippen LogP contribution is -1.98. The molecule has 0 unspecified atom stereocenters. The first-order chi connectivity index (χ1) is 7.68. The molecule has 0 spiro atoms. The topological polar surface area (TPSA) is 61.0 Å². The van der Waals surface area contributed by atoms with Gasteiger partial charge in [0, 0.05) is 6.20 Å². The Hall–Kier alpha value is -1.44. The molecule has 0 fully saturated rings. The van der Waals surface area contributed by atoms with Crippen LogP contribution in [0.15, 0.2) is 30.7 Å². The molecule has 2 rings (SSSR count). The van der Waals surface area contributed by atoms with Crippen LogP contribution in [-0.4, -0.2) is 9.97 Å². The zero-order valence-electron chi connectivity index (χ0n) is 8.02. The van der Waals surface area contributed by atoms with Gasteiger partial charge in [-0.2, -0.15) is 0 Å². The van der Waals surface area contributed by atoms with E-state index in [0.717, 1.165) is 0 Å². The summed E-state index contributed by atoms with van der Waals surface area (Å²) in [7, 11) is 0. The average Bonchev–Trinajstić information content (AvgIpc) is 2.26. The quantitative estimate of drug-likeness (QED) is 0.679. The monoisotopic (exact) mass is 331 g/mol. The Kier molecular flexibility index (Phi) is 3.18. The molecule has 0 radical (unpaired) electrons. The highest BCUT2D eigenvalue weighted by Gasteiger charge is 2.11. The summed E-state index contributed by atoms with van der Waals surface area (Å²) in [5.41, 5.74) is 5.84. The number of ether oxygens (including phenoxy) is 1. The minimum atomic E-state index is -0.519. The number of benzene rings is 1. The Labute approximate surface area is 105 Å². The molecule has 16 heavy (non-hydrogen) atoms. The number of aromatic nitrogens is 2. The molecule has 0 amide bonds. The summed E-state index contributed by atoms with van der Waals surface area (Å²) in [5, 5.41) is 0. The maximum absolute atomic E-state index is 13.4. The van der Waals surface area contributed by atoms with Gasteiger partial charge in [-0.3, -0.25) is 0 Å². The molecule has 2 N–H and O–H groups in total. The van der Waals surface area contributed by atoms with Crippen LogP contribution in [0.5, 0.6) is 11.6 Å². The van der Waals surface area contributed by atoms with Crippen molar-refractivity contribution in [3.8, 4) is 11.6 Å². The van der Waals surface area contributed by atoms with Gasteiger partial charge in [-0.15, -0.1) is 0 Å². The second kappa shape index (κ2) is 4.60. The molecule has 0 aliphatic carbocycles. The summed E-state index contributed by atoms with van der Waals surface area (Å²) in [6.45, 7) is 0. The SMILES string of the molecule is Nc1cccc(F)c1Oc1ncncc1I. The van der Waals surface area contributed by atoms with Gasteiger partial charge in [0.25, 0.3) is 0 Å². The van der Waals surface area contributed by atoms with Crippen molar-refractivity contribution >= 4 is 28.3 Å². The molecule has 0 aliphatic heterocycles. The highest BCUT2D eigenvalue weighted by molar-refractivity contribution is 14.1. The van der Waals surface area contributed by atoms with E-state index in [2.05, 4.69) is 9.97 Å². The number of para-hydroxylation sites is 1. The molecule has 1 aromatic carbocycles. The van der Waals surface area contributed by atoms with Gasteiger partial charge in [-0.1, -0.05) is 6.07 Å². The van der Waals surface area contributed by atoms with E-state index in [4.69, 9.17) is 10.5 Å². The highest BCUT2D eigenvalue weighted by atomic mass is 127. The van der Waals surface area contributed by atoms with Crippen molar-refractivity contribution in [2.45, 2.75) is 0 Å². The number of hydrogen-bond donors (Lipinski definition) is 1. The fraction of sp³-hybridized carbons (Fsp3) is 0. The predicted molar refractivity (Wildman–Crippen MR) is 65.6 cm³/mol. The van der Waals surface area contributed by atoms with Crippen LogP contribution in [0.4, 0.5) is 10.1 Å². The van der Waals surface area contributed by atoms with Crippen LogP contribution in [0, 0.1) is 9.39 Å². The third-order valence-electron chi connectivity index (χ3n) is 1.83. The standard InChI is InChI=1S/C10H7FIN3O/c11-6-2-1-3-8(13)9(6)16-10-7(12)4-14-5-15-10/h1-5H,13H2. The molecule has 6 heteroatoms. The number of halogens is 2. The minimum absolute atomic E-state index is 0.0147. The van der Waals surface area contributed by atoms with E-state index >= 15 is 0 Å². The van der Waals surface area contributed by atoms with Crippen LogP contribution in [0.3, 0.4) is 0 Å². The maximum Gasteiger partial charge on any atom is 0.236 e. The number of hydrogen-bond acceptors (Lipinski definition) is 4. The molecule has 1 aromatic heterocycles. The fourth-order valence-corrected chi connectivity index (χ4v) is 1.52. The van der Waals surface area contributed by atoms with Gasteiger partial charge in [0.15, 0.2) is 11.6 Å². The summed E-state index contributed by atoms with van der Waals surface area (Å²) < 4.78 is 19.4. The Bertz CT molecular complexity index is 501. The van der Waals surface area contributed by atoms with Crippen LogP contribution in [0.25, 0.3) is 0 Å². The maximum atomic E-state index is 13.4. The number of nitrogens with zero attached hydrogens (tertiary/aromatic N) is 2. The van der Waals surface area contributed by atoms with Crippen molar-refractivity contribution < 1.29 is 9.13 Å². The van der Waals surface area contributed by atoms with E-state index in [1.807, 2.05) is 22.6 Å². The first-order valence-electron chi connectivity index (χ1n) is 4.36. The van der Waals surface area contributed by atoms with Gasteiger partial charge in [-0.05, 0) is 34.7 Å². The van der Waals surface area contributed by atoms with E-state index in [1.54, 1.807) is 12.3 Å². The van der Waals surface area contributed by atoms with Crippen molar-refractivity contribution in [1.82, 2.24) is 9.97 Å². The second-order valence-electron chi connectivity index (χ2n) is 2.94. The molecular formula is C10H7FIN3O. The number of nitrogen functional groups attached to an aromatic ring is 1. The summed E-state index contributed by atoms with van der Waals surface area (Å²) >= 11 is 2.00. The van der Waals surface area contributed by atoms with E-state index in [9.17, 15) is 4.39 Å². The largest absolute Gasteiger partial charge is 0.433 e. The molecule has 0 atom stereocenters. The van der Waals surface area contributed by atoms with Gasteiger partial charge in [0.2, 0.25) is 5.88 Å². The molecule has 0 saturated carbocycles. The van der Waals surface area contributed by atoms with Crippen LogP contribution in [-0.2, 0) is 0 Å². The summed E-state index contributed by atoms with van der Waals surface area (Å²) in [4.78, 5) is 7.70. The van der Waals surface area contributed by atoms with Crippen molar-refractivity contribution in [1.29, 1.82) is 0 Å². The third-order valence-corrected chi connectivity index (χ3v) is 2.57. The first kappa shape index (κ1) is 11.1. The normalized spacial score (nSPS) is 10.1. The number of nitrogens with two attached hydrogens (primary N) is 1. The zero-order valence-corrected chi connectivity index (χ0v) is 10.2. The molecule has 0 bridgehead atoms. The second-order valence-corrected chi connectivity index (χ2v) is 4.10. The Morgan fingerprint density at radius 1 is 1.38 bits per heavy atom. The Balaban J connectivity index is 2.38. The first-order valence-corrected chi connectivity index (χ1v) is 5.43. The number of rotatable bonds is 2. The molecule has 0 aliphatic rings. The zero-order chi connectivity index (χ0) is 11.5. The van der Waals surface area contributed by atoms with Crippen LogP contribution in [0.2, 0.25) is 0 Å². The molecule has 82 valence electrons. The molecule has 1 heterocycles. The molecular weight excluding hydrogens is 324 g/mol. The van der Waals surface area contributed by atoms with Gasteiger partial charge in [0.05, 0.1) is 9.26 Å². The Morgan fingerprint density at radius 3 is 2.88 bits per heavy atom. The van der Waals surface area contributed by atoms with Crippen molar-refractivity contribution in [3.05, 3.63) is 40.1 Å². The van der Waals surface area contributed by atoms with Gasteiger partial charge < -0.3 is 10.5 Å². The van der Waals surface area contributed by atoms with Crippen LogP contribution in [0.1, 0.15) is 0 Å². The van der Waals surface area contributed by atoms with Crippen molar-refractivity contribution in [2.24, 2.45) is 0 Å². The average molecular weight is 331 g/mol. The molecule has 2 aromatic rings. The lowest BCUT2D eigenvalue weighted by Gasteiger charge is -2.08. The van der Waals surface area contributed by atoms with Crippen LogP contribution < -0.4 is 10.5 Å².